The van der Waals surface area contributed by atoms with Gasteiger partial charge >= 0.3 is 0 Å². The molecule has 0 amide bonds. The molecule has 20 heavy (non-hydrogen) atoms. The Morgan fingerprint density at radius 1 is 1.25 bits per heavy atom. The van der Waals surface area contributed by atoms with Crippen LogP contribution in [-0.4, -0.2) is 20.8 Å². The number of rotatable bonds is 5. The van der Waals surface area contributed by atoms with Crippen molar-refractivity contribution in [3.8, 4) is 5.75 Å². The van der Waals surface area contributed by atoms with Crippen LogP contribution >= 0.6 is 31.9 Å². The highest BCUT2D eigenvalue weighted by molar-refractivity contribution is 9.11. The fourth-order valence-corrected chi connectivity index (χ4v) is 4.02. The molecule has 0 aliphatic carbocycles. The number of hydrogen-bond donors (Lipinski definition) is 1. The highest BCUT2D eigenvalue weighted by Gasteiger charge is 2.29. The zero-order valence-corrected chi connectivity index (χ0v) is 15.7. The first kappa shape index (κ1) is 17.9. The van der Waals surface area contributed by atoms with Crippen molar-refractivity contribution in [2.45, 2.75) is 20.8 Å². The Labute approximate surface area is 137 Å². The summed E-state index contributed by atoms with van der Waals surface area (Å²) in [5.41, 5.74) is -0.222. The van der Waals surface area contributed by atoms with Crippen LogP contribution in [0.25, 0.3) is 0 Å². The maximum atomic E-state index is 11.3. The lowest BCUT2D eigenvalue weighted by Gasteiger charge is -2.30. The van der Waals surface area contributed by atoms with Gasteiger partial charge in [0.15, 0.2) is 0 Å². The van der Waals surface area contributed by atoms with E-state index < -0.39 is 10.0 Å². The van der Waals surface area contributed by atoms with Crippen LogP contribution in [0.5, 0.6) is 5.75 Å². The summed E-state index contributed by atoms with van der Waals surface area (Å²) in [5, 5.41) is 5.16. The predicted molar refractivity (Wildman–Crippen MR) is 88.3 cm³/mol. The van der Waals surface area contributed by atoms with Gasteiger partial charge in [0.05, 0.1) is 21.3 Å². The molecule has 0 fully saturated rings. The van der Waals surface area contributed by atoms with Crippen LogP contribution < -0.4 is 9.88 Å². The van der Waals surface area contributed by atoms with Gasteiger partial charge in [-0.1, -0.05) is 26.8 Å². The molecule has 1 aromatic carbocycles. The van der Waals surface area contributed by atoms with E-state index in [1.54, 1.807) is 0 Å². The topological polar surface area (TPSA) is 69.4 Å². The summed E-state index contributed by atoms with van der Waals surface area (Å²) in [6, 6.07) is 5.62. The largest absolute Gasteiger partial charge is 0.491 e. The zero-order valence-electron chi connectivity index (χ0n) is 11.7. The minimum atomic E-state index is -3.53. The van der Waals surface area contributed by atoms with Gasteiger partial charge in [-0.25, -0.2) is 13.6 Å². The molecule has 0 saturated carbocycles. The summed E-state index contributed by atoms with van der Waals surface area (Å²) >= 11 is 6.82. The van der Waals surface area contributed by atoms with Gasteiger partial charge in [-0.15, -0.1) is 0 Å². The van der Waals surface area contributed by atoms with Gasteiger partial charge in [0.25, 0.3) is 0 Å². The number of halogens is 2. The van der Waals surface area contributed by atoms with E-state index in [2.05, 4.69) is 31.9 Å². The van der Waals surface area contributed by atoms with E-state index in [1.165, 1.54) is 0 Å². The Balaban J connectivity index is 2.87. The first-order valence-corrected chi connectivity index (χ1v) is 9.38. The van der Waals surface area contributed by atoms with E-state index in [1.807, 2.05) is 39.0 Å². The third kappa shape index (κ3) is 5.71. The molecule has 0 aromatic heterocycles. The standard InChI is InChI=1S/C13H19Br2NO3S/c1-13(2,3)9(8-20(16,17)18)7-19-12-10(14)5-4-6-11(12)15/h4-6,9H,7-8H2,1-3H3,(H2,16,17,18). The normalized spacial score (nSPS) is 14.1. The molecule has 0 aliphatic heterocycles. The van der Waals surface area contributed by atoms with E-state index in [0.717, 1.165) is 8.95 Å². The molecule has 0 heterocycles. The lowest BCUT2D eigenvalue weighted by Crippen LogP contribution is -2.35. The molecule has 1 aromatic rings. The van der Waals surface area contributed by atoms with Crippen molar-refractivity contribution in [1.29, 1.82) is 0 Å². The molecule has 7 heteroatoms. The van der Waals surface area contributed by atoms with E-state index in [4.69, 9.17) is 9.88 Å². The second-order valence-electron chi connectivity index (χ2n) is 5.75. The Hall–Kier alpha value is -0.110. The smallest absolute Gasteiger partial charge is 0.209 e. The minimum absolute atomic E-state index is 0.0986. The number of sulfonamides is 1. The van der Waals surface area contributed by atoms with Crippen molar-refractivity contribution in [2.75, 3.05) is 12.4 Å². The Bertz CT molecular complexity index is 547. The summed E-state index contributed by atoms with van der Waals surface area (Å²) in [5.74, 6) is 0.367. The van der Waals surface area contributed by atoms with Crippen LogP contribution in [0.3, 0.4) is 0 Å². The highest BCUT2D eigenvalue weighted by Crippen LogP contribution is 2.35. The molecule has 0 saturated heterocycles. The molecule has 1 atom stereocenters. The maximum absolute atomic E-state index is 11.3. The predicted octanol–water partition coefficient (Wildman–Crippen LogP) is 3.54. The molecule has 0 aliphatic rings. The maximum Gasteiger partial charge on any atom is 0.209 e. The number of primary sulfonamides is 1. The van der Waals surface area contributed by atoms with Crippen molar-refractivity contribution in [3.63, 3.8) is 0 Å². The summed E-state index contributed by atoms with van der Waals surface area (Å²) in [4.78, 5) is 0. The summed E-state index contributed by atoms with van der Waals surface area (Å²) in [6.07, 6.45) is 0. The van der Waals surface area contributed by atoms with Crippen LogP contribution in [-0.2, 0) is 10.0 Å². The molecule has 0 radical (unpaired) electrons. The Morgan fingerprint density at radius 3 is 2.15 bits per heavy atom. The number of hydrogen-bond acceptors (Lipinski definition) is 3. The van der Waals surface area contributed by atoms with Gasteiger partial charge in [-0.3, -0.25) is 0 Å². The first-order chi connectivity index (χ1) is 9.00. The van der Waals surface area contributed by atoms with Gasteiger partial charge in [0, 0.05) is 5.92 Å². The van der Waals surface area contributed by atoms with Crippen LogP contribution in [0, 0.1) is 11.3 Å². The Morgan fingerprint density at radius 2 is 1.75 bits per heavy atom. The van der Waals surface area contributed by atoms with Gasteiger partial charge in [-0.2, -0.15) is 0 Å². The SMILES string of the molecule is CC(C)(C)C(COc1c(Br)cccc1Br)CS(N)(=O)=O. The van der Waals surface area contributed by atoms with Gasteiger partial charge in [-0.05, 0) is 49.4 Å². The quantitative estimate of drug-likeness (QED) is 0.779. The second kappa shape index (κ2) is 6.77. The number of benzene rings is 1. The summed E-state index contributed by atoms with van der Waals surface area (Å²) in [7, 11) is -3.53. The number of nitrogens with two attached hydrogens (primary N) is 1. The number of para-hydroxylation sites is 1. The third-order valence-electron chi connectivity index (χ3n) is 3.01. The molecular formula is C13H19Br2NO3S. The van der Waals surface area contributed by atoms with Crippen molar-refractivity contribution in [1.82, 2.24) is 0 Å². The van der Waals surface area contributed by atoms with Crippen molar-refractivity contribution >= 4 is 41.9 Å². The van der Waals surface area contributed by atoms with E-state index >= 15 is 0 Å². The highest BCUT2D eigenvalue weighted by atomic mass is 79.9. The Kier molecular flexibility index (Phi) is 6.07. The van der Waals surface area contributed by atoms with Crippen LogP contribution in [0.2, 0.25) is 0 Å². The fourth-order valence-electron chi connectivity index (χ4n) is 1.63. The van der Waals surface area contributed by atoms with E-state index in [0.29, 0.717) is 5.75 Å². The monoisotopic (exact) mass is 427 g/mol. The zero-order chi connectivity index (χ0) is 15.6. The molecular weight excluding hydrogens is 410 g/mol. The van der Waals surface area contributed by atoms with Crippen molar-refractivity contribution in [3.05, 3.63) is 27.1 Å². The van der Waals surface area contributed by atoms with Crippen LogP contribution in [0.15, 0.2) is 27.1 Å². The summed E-state index contributed by atoms with van der Waals surface area (Å²) < 4.78 is 30.1. The fraction of sp³-hybridized carbons (Fsp3) is 0.538. The average Bonchev–Trinajstić information content (AvgIpc) is 2.23. The van der Waals surface area contributed by atoms with Crippen molar-refractivity contribution in [2.24, 2.45) is 16.5 Å². The lowest BCUT2D eigenvalue weighted by molar-refractivity contribution is 0.162. The molecule has 4 nitrogen and oxygen atoms in total. The summed E-state index contributed by atoms with van der Waals surface area (Å²) in [6.45, 7) is 6.20. The van der Waals surface area contributed by atoms with Gasteiger partial charge in [0.1, 0.15) is 5.75 Å². The second-order valence-corrected chi connectivity index (χ2v) is 9.12. The third-order valence-corrected chi connectivity index (χ3v) is 5.12. The first-order valence-electron chi connectivity index (χ1n) is 6.08. The molecule has 2 N–H and O–H groups in total. The lowest BCUT2D eigenvalue weighted by atomic mass is 9.82. The molecule has 1 unspecified atom stereocenters. The number of ether oxygens (including phenoxy) is 1. The molecule has 0 bridgehead atoms. The van der Waals surface area contributed by atoms with E-state index in [9.17, 15) is 8.42 Å². The van der Waals surface area contributed by atoms with E-state index in [-0.39, 0.29) is 23.7 Å². The molecule has 114 valence electrons. The van der Waals surface area contributed by atoms with Crippen molar-refractivity contribution < 1.29 is 13.2 Å². The average molecular weight is 429 g/mol. The molecule has 1 rings (SSSR count). The van der Waals surface area contributed by atoms with Crippen LogP contribution in [0.1, 0.15) is 20.8 Å². The van der Waals surface area contributed by atoms with Gasteiger partial charge in [0.2, 0.25) is 10.0 Å². The van der Waals surface area contributed by atoms with Crippen LogP contribution in [0.4, 0.5) is 0 Å². The van der Waals surface area contributed by atoms with Gasteiger partial charge < -0.3 is 4.74 Å². The minimum Gasteiger partial charge on any atom is -0.491 e. The molecule has 0 spiro atoms.